The summed E-state index contributed by atoms with van der Waals surface area (Å²) < 4.78 is 16.2. The second-order valence-corrected chi connectivity index (χ2v) is 5.63. The Labute approximate surface area is 122 Å². The fourth-order valence-electron chi connectivity index (χ4n) is 2.20. The average molecular weight is 291 g/mol. The minimum absolute atomic E-state index is 0.258. The van der Waals surface area contributed by atoms with E-state index in [4.69, 9.17) is 14.2 Å². The van der Waals surface area contributed by atoms with E-state index in [1.165, 1.54) is 4.88 Å². The molecule has 0 saturated carbocycles. The molecule has 3 rings (SSSR count). The van der Waals surface area contributed by atoms with Gasteiger partial charge in [-0.05, 0) is 36.1 Å². The second kappa shape index (κ2) is 5.73. The van der Waals surface area contributed by atoms with Crippen LogP contribution in [0.4, 0.5) is 0 Å². The highest BCUT2D eigenvalue weighted by molar-refractivity contribution is 7.10. The standard InChI is InChI=1S/C15H17NO3S/c1-10(14-4-3-5-20-14)16-8-11-6-12(17-2)15-13(7-11)18-9-19-15/h3-7,10,16H,8-9H2,1-2H3/t10-/m0/s1. The van der Waals surface area contributed by atoms with Crippen LogP contribution in [0.3, 0.4) is 0 Å². The molecule has 1 aromatic carbocycles. The highest BCUT2D eigenvalue weighted by Crippen LogP contribution is 2.41. The van der Waals surface area contributed by atoms with Crippen LogP contribution in [-0.4, -0.2) is 13.9 Å². The quantitative estimate of drug-likeness (QED) is 0.917. The van der Waals surface area contributed by atoms with E-state index in [-0.39, 0.29) is 6.79 Å². The number of hydrogen-bond acceptors (Lipinski definition) is 5. The Morgan fingerprint density at radius 3 is 3.05 bits per heavy atom. The van der Waals surface area contributed by atoms with Crippen molar-refractivity contribution in [3.63, 3.8) is 0 Å². The normalized spacial score (nSPS) is 14.3. The van der Waals surface area contributed by atoms with E-state index < -0.39 is 0 Å². The van der Waals surface area contributed by atoms with Crippen LogP contribution in [0.15, 0.2) is 29.6 Å². The van der Waals surface area contributed by atoms with E-state index >= 15 is 0 Å². The maximum Gasteiger partial charge on any atom is 0.231 e. The first kappa shape index (κ1) is 13.3. The van der Waals surface area contributed by atoms with Gasteiger partial charge in [-0.15, -0.1) is 11.3 Å². The second-order valence-electron chi connectivity index (χ2n) is 4.65. The lowest BCUT2D eigenvalue weighted by Gasteiger charge is -2.13. The Morgan fingerprint density at radius 2 is 2.30 bits per heavy atom. The highest BCUT2D eigenvalue weighted by atomic mass is 32.1. The third-order valence-electron chi connectivity index (χ3n) is 3.30. The van der Waals surface area contributed by atoms with Gasteiger partial charge in [-0.1, -0.05) is 6.07 Å². The summed E-state index contributed by atoms with van der Waals surface area (Å²) in [5.74, 6) is 2.17. The lowest BCUT2D eigenvalue weighted by molar-refractivity contribution is 0.171. The Bertz CT molecular complexity index is 583. The number of hydrogen-bond donors (Lipinski definition) is 1. The van der Waals surface area contributed by atoms with E-state index in [9.17, 15) is 0 Å². The summed E-state index contributed by atoms with van der Waals surface area (Å²) >= 11 is 1.76. The molecule has 1 N–H and O–H groups in total. The van der Waals surface area contributed by atoms with Gasteiger partial charge in [0.2, 0.25) is 12.5 Å². The zero-order chi connectivity index (χ0) is 13.9. The van der Waals surface area contributed by atoms with E-state index in [1.54, 1.807) is 18.4 Å². The number of thiophene rings is 1. The third-order valence-corrected chi connectivity index (χ3v) is 4.36. The van der Waals surface area contributed by atoms with Crippen LogP contribution in [-0.2, 0) is 6.54 Å². The maximum absolute atomic E-state index is 5.43. The van der Waals surface area contributed by atoms with Crippen LogP contribution in [0.5, 0.6) is 17.2 Å². The Kier molecular flexibility index (Phi) is 3.80. The third kappa shape index (κ3) is 2.59. The molecule has 0 unspecified atom stereocenters. The van der Waals surface area contributed by atoms with Crippen LogP contribution < -0.4 is 19.5 Å². The van der Waals surface area contributed by atoms with Crippen molar-refractivity contribution in [1.82, 2.24) is 5.32 Å². The molecule has 4 nitrogen and oxygen atoms in total. The van der Waals surface area contributed by atoms with Crippen molar-refractivity contribution >= 4 is 11.3 Å². The van der Waals surface area contributed by atoms with Crippen molar-refractivity contribution in [3.8, 4) is 17.2 Å². The molecular weight excluding hydrogens is 274 g/mol. The van der Waals surface area contributed by atoms with Crippen LogP contribution >= 0.6 is 11.3 Å². The van der Waals surface area contributed by atoms with Gasteiger partial charge in [0.05, 0.1) is 7.11 Å². The van der Waals surface area contributed by atoms with Gasteiger partial charge in [-0.3, -0.25) is 0 Å². The minimum atomic E-state index is 0.258. The maximum atomic E-state index is 5.43. The lowest BCUT2D eigenvalue weighted by Crippen LogP contribution is -2.17. The molecule has 2 aromatic rings. The van der Waals surface area contributed by atoms with E-state index in [1.807, 2.05) is 12.1 Å². The van der Waals surface area contributed by atoms with Gasteiger partial charge in [0.15, 0.2) is 11.5 Å². The number of methoxy groups -OCH3 is 1. The summed E-state index contributed by atoms with van der Waals surface area (Å²) in [4.78, 5) is 1.33. The van der Waals surface area contributed by atoms with Gasteiger partial charge < -0.3 is 19.5 Å². The molecule has 0 aliphatic carbocycles. The molecule has 0 spiro atoms. The van der Waals surface area contributed by atoms with Crippen LogP contribution in [0.1, 0.15) is 23.4 Å². The molecule has 0 saturated heterocycles. The molecule has 1 aromatic heterocycles. The number of benzene rings is 1. The molecule has 5 heteroatoms. The van der Waals surface area contributed by atoms with Gasteiger partial charge in [0.25, 0.3) is 0 Å². The smallest absolute Gasteiger partial charge is 0.231 e. The van der Waals surface area contributed by atoms with Gasteiger partial charge in [0.1, 0.15) is 0 Å². The van der Waals surface area contributed by atoms with Crippen molar-refractivity contribution in [3.05, 3.63) is 40.1 Å². The molecule has 1 atom stereocenters. The highest BCUT2D eigenvalue weighted by Gasteiger charge is 2.20. The Morgan fingerprint density at radius 1 is 1.40 bits per heavy atom. The summed E-state index contributed by atoms with van der Waals surface area (Å²) in [6.07, 6.45) is 0. The van der Waals surface area contributed by atoms with Gasteiger partial charge in [-0.2, -0.15) is 0 Å². The zero-order valence-corrected chi connectivity index (χ0v) is 12.3. The summed E-state index contributed by atoms with van der Waals surface area (Å²) in [7, 11) is 1.64. The molecule has 20 heavy (non-hydrogen) atoms. The molecule has 1 aliphatic heterocycles. The number of fused-ring (bicyclic) bond motifs is 1. The summed E-state index contributed by atoms with van der Waals surface area (Å²) in [5, 5.41) is 5.60. The van der Waals surface area contributed by atoms with Crippen molar-refractivity contribution in [2.45, 2.75) is 19.5 Å². The number of rotatable bonds is 5. The van der Waals surface area contributed by atoms with Crippen LogP contribution in [0.25, 0.3) is 0 Å². The molecule has 0 bridgehead atoms. The molecule has 0 radical (unpaired) electrons. The van der Waals surface area contributed by atoms with Crippen LogP contribution in [0, 0.1) is 0 Å². The van der Waals surface area contributed by atoms with Gasteiger partial charge in [0, 0.05) is 17.5 Å². The van der Waals surface area contributed by atoms with E-state index in [0.29, 0.717) is 11.8 Å². The van der Waals surface area contributed by atoms with Crippen molar-refractivity contribution in [2.75, 3.05) is 13.9 Å². The van der Waals surface area contributed by atoms with Crippen LogP contribution in [0.2, 0.25) is 0 Å². The van der Waals surface area contributed by atoms with Crippen molar-refractivity contribution < 1.29 is 14.2 Å². The van der Waals surface area contributed by atoms with E-state index in [0.717, 1.165) is 23.6 Å². The van der Waals surface area contributed by atoms with Gasteiger partial charge >= 0.3 is 0 Å². The van der Waals surface area contributed by atoms with Crippen molar-refractivity contribution in [2.24, 2.45) is 0 Å². The molecule has 0 amide bonds. The molecular formula is C15H17NO3S. The van der Waals surface area contributed by atoms with Gasteiger partial charge in [-0.25, -0.2) is 0 Å². The average Bonchev–Trinajstić information content (AvgIpc) is 3.14. The predicted octanol–water partition coefficient (Wildman–Crippen LogP) is 3.34. The first-order chi connectivity index (χ1) is 9.78. The Hall–Kier alpha value is -1.72. The summed E-state index contributed by atoms with van der Waals surface area (Å²) in [6, 6.07) is 8.52. The number of ether oxygens (including phenoxy) is 3. The first-order valence-electron chi connectivity index (χ1n) is 6.51. The molecule has 2 heterocycles. The summed E-state index contributed by atoms with van der Waals surface area (Å²) in [5.41, 5.74) is 1.12. The fraction of sp³-hybridized carbons (Fsp3) is 0.333. The minimum Gasteiger partial charge on any atom is -0.493 e. The van der Waals surface area contributed by atoms with Crippen molar-refractivity contribution in [1.29, 1.82) is 0 Å². The molecule has 0 fully saturated rings. The molecule has 1 aliphatic rings. The Balaban J connectivity index is 1.72. The zero-order valence-electron chi connectivity index (χ0n) is 11.5. The number of nitrogens with one attached hydrogen (secondary N) is 1. The lowest BCUT2D eigenvalue weighted by atomic mass is 10.1. The largest absolute Gasteiger partial charge is 0.493 e. The summed E-state index contributed by atoms with van der Waals surface area (Å²) in [6.45, 7) is 3.18. The monoisotopic (exact) mass is 291 g/mol. The SMILES string of the molecule is COc1cc(CN[C@@H](C)c2cccs2)cc2c1OCO2. The predicted molar refractivity (Wildman–Crippen MR) is 78.7 cm³/mol. The first-order valence-corrected chi connectivity index (χ1v) is 7.39. The fourth-order valence-corrected chi connectivity index (χ4v) is 2.95. The van der Waals surface area contributed by atoms with E-state index in [2.05, 4.69) is 29.8 Å². The molecule has 106 valence electrons. The topological polar surface area (TPSA) is 39.7 Å².